The zero-order valence-corrected chi connectivity index (χ0v) is 18.4. The molecule has 0 saturated carbocycles. The molecule has 0 aliphatic carbocycles. The summed E-state index contributed by atoms with van der Waals surface area (Å²) in [6.45, 7) is 3.25. The van der Waals surface area contributed by atoms with Gasteiger partial charge in [0.25, 0.3) is 5.91 Å². The summed E-state index contributed by atoms with van der Waals surface area (Å²) < 4.78 is 20.6. The molecule has 0 aliphatic heterocycles. The minimum absolute atomic E-state index is 0.0904. The molecule has 9 heteroatoms. The van der Waals surface area contributed by atoms with E-state index in [1.54, 1.807) is 19.1 Å². The summed E-state index contributed by atoms with van der Waals surface area (Å²) in [5, 5.41) is 6.31. The molecular formula is C19H18Br2FN3O3. The number of carbonyl (C=O) groups is 2. The first-order valence-corrected chi connectivity index (χ1v) is 9.79. The highest BCUT2D eigenvalue weighted by atomic mass is 79.9. The molecule has 0 heterocycles. The summed E-state index contributed by atoms with van der Waals surface area (Å²) in [6.07, 6.45) is -0.0904. The highest BCUT2D eigenvalue weighted by molar-refractivity contribution is 9.11. The Balaban J connectivity index is 1.82. The lowest BCUT2D eigenvalue weighted by molar-refractivity contribution is -0.123. The predicted octanol–water partition coefficient (Wildman–Crippen LogP) is 4.56. The number of para-hydroxylation sites is 1. The number of amides is 2. The first kappa shape index (κ1) is 22.0. The number of hydrogen-bond acceptors (Lipinski definition) is 4. The number of aryl methyl sites for hydroxylation is 1. The average molecular weight is 515 g/mol. The van der Waals surface area contributed by atoms with Gasteiger partial charge in [-0.05, 0) is 59.6 Å². The molecule has 0 spiro atoms. The van der Waals surface area contributed by atoms with Crippen LogP contribution in [0.5, 0.6) is 5.75 Å². The van der Waals surface area contributed by atoms with E-state index in [9.17, 15) is 14.0 Å². The summed E-state index contributed by atoms with van der Waals surface area (Å²) in [5.74, 6) is -0.904. The van der Waals surface area contributed by atoms with Gasteiger partial charge < -0.3 is 10.1 Å². The second-order valence-electron chi connectivity index (χ2n) is 5.91. The first-order chi connectivity index (χ1) is 13.3. The minimum atomic E-state index is -0.523. The third-order valence-corrected chi connectivity index (χ3v) is 4.98. The number of nitrogens with one attached hydrogen (secondary N) is 2. The lowest BCUT2D eigenvalue weighted by Crippen LogP contribution is -2.26. The standard InChI is InChI=1S/C19H18Br2FN3O3/c1-11-7-17(14(21)9-13(11)20)28-10-19(27)25-24-12(2)8-18(26)23-16-6-4-3-5-15(16)22/h3-7,9H,8,10H2,1-2H3,(H,23,26)(H,25,27)/b24-12-. The number of nitrogens with zero attached hydrogens (tertiary/aromatic N) is 1. The number of hydrogen-bond donors (Lipinski definition) is 2. The van der Waals surface area contributed by atoms with E-state index in [0.717, 1.165) is 10.0 Å². The molecule has 0 saturated heterocycles. The van der Waals surface area contributed by atoms with E-state index >= 15 is 0 Å². The van der Waals surface area contributed by atoms with Crippen LogP contribution in [0.4, 0.5) is 10.1 Å². The van der Waals surface area contributed by atoms with E-state index in [-0.39, 0.29) is 18.7 Å². The van der Waals surface area contributed by atoms with Gasteiger partial charge in [0.15, 0.2) is 6.61 Å². The summed E-state index contributed by atoms with van der Waals surface area (Å²) >= 11 is 6.78. The van der Waals surface area contributed by atoms with Crippen molar-refractivity contribution in [3.05, 3.63) is 56.7 Å². The Morgan fingerprint density at radius 2 is 1.86 bits per heavy atom. The van der Waals surface area contributed by atoms with Crippen LogP contribution >= 0.6 is 31.9 Å². The number of carbonyl (C=O) groups excluding carboxylic acids is 2. The highest BCUT2D eigenvalue weighted by Crippen LogP contribution is 2.31. The van der Waals surface area contributed by atoms with Gasteiger partial charge in [0.1, 0.15) is 11.6 Å². The molecule has 0 fully saturated rings. The number of anilines is 1. The minimum Gasteiger partial charge on any atom is -0.483 e. The van der Waals surface area contributed by atoms with Crippen molar-refractivity contribution in [1.82, 2.24) is 5.43 Å². The molecule has 0 atom stereocenters. The van der Waals surface area contributed by atoms with Crippen molar-refractivity contribution in [2.45, 2.75) is 20.3 Å². The molecule has 0 radical (unpaired) electrons. The summed E-state index contributed by atoms with van der Waals surface area (Å²) in [5.41, 5.74) is 3.74. The molecule has 6 nitrogen and oxygen atoms in total. The molecule has 2 aromatic carbocycles. The zero-order valence-electron chi connectivity index (χ0n) is 15.2. The fourth-order valence-corrected chi connectivity index (χ4v) is 3.21. The lowest BCUT2D eigenvalue weighted by atomic mass is 10.2. The van der Waals surface area contributed by atoms with Crippen molar-refractivity contribution in [3.8, 4) is 5.75 Å². The molecule has 0 bridgehead atoms. The van der Waals surface area contributed by atoms with Crippen LogP contribution in [0.3, 0.4) is 0 Å². The lowest BCUT2D eigenvalue weighted by Gasteiger charge is -2.10. The van der Waals surface area contributed by atoms with Gasteiger partial charge in [-0.1, -0.05) is 28.1 Å². The van der Waals surface area contributed by atoms with Gasteiger partial charge in [-0.3, -0.25) is 9.59 Å². The molecular weight excluding hydrogens is 497 g/mol. The fraction of sp³-hybridized carbons (Fsp3) is 0.211. The Morgan fingerprint density at radius 1 is 1.14 bits per heavy atom. The van der Waals surface area contributed by atoms with Crippen LogP contribution in [0.15, 0.2) is 50.4 Å². The molecule has 0 aromatic heterocycles. The maximum atomic E-state index is 13.5. The van der Waals surface area contributed by atoms with E-state index < -0.39 is 17.6 Å². The fourth-order valence-electron chi connectivity index (χ4n) is 2.10. The maximum Gasteiger partial charge on any atom is 0.277 e. The van der Waals surface area contributed by atoms with Gasteiger partial charge in [0.2, 0.25) is 5.91 Å². The quantitative estimate of drug-likeness (QED) is 0.420. The van der Waals surface area contributed by atoms with Crippen LogP contribution in [0.2, 0.25) is 0 Å². The Morgan fingerprint density at radius 3 is 2.57 bits per heavy atom. The topological polar surface area (TPSA) is 79.8 Å². The molecule has 148 valence electrons. The van der Waals surface area contributed by atoms with Crippen LogP contribution in [-0.4, -0.2) is 24.1 Å². The maximum absolute atomic E-state index is 13.5. The Kier molecular flexibility index (Phi) is 8.13. The van der Waals surface area contributed by atoms with Gasteiger partial charge in [-0.25, -0.2) is 9.82 Å². The van der Waals surface area contributed by atoms with Crippen LogP contribution < -0.4 is 15.5 Å². The van der Waals surface area contributed by atoms with E-state index in [4.69, 9.17) is 4.74 Å². The van der Waals surface area contributed by atoms with Crippen LogP contribution in [0.1, 0.15) is 18.9 Å². The number of benzene rings is 2. The van der Waals surface area contributed by atoms with Gasteiger partial charge in [-0.2, -0.15) is 5.10 Å². The largest absolute Gasteiger partial charge is 0.483 e. The molecule has 2 rings (SSSR count). The van der Waals surface area contributed by atoms with Crippen molar-refractivity contribution in [3.63, 3.8) is 0 Å². The molecule has 2 aromatic rings. The smallest absolute Gasteiger partial charge is 0.277 e. The summed E-state index contributed by atoms with van der Waals surface area (Å²) in [4.78, 5) is 23.8. The number of halogens is 3. The number of ether oxygens (including phenoxy) is 1. The van der Waals surface area contributed by atoms with Crippen LogP contribution in [0, 0.1) is 12.7 Å². The third kappa shape index (κ3) is 6.72. The summed E-state index contributed by atoms with van der Waals surface area (Å²) in [6, 6.07) is 9.49. The van der Waals surface area contributed by atoms with Crippen molar-refractivity contribution in [1.29, 1.82) is 0 Å². The highest BCUT2D eigenvalue weighted by Gasteiger charge is 2.10. The van der Waals surface area contributed by atoms with Gasteiger partial charge >= 0.3 is 0 Å². The molecule has 2 N–H and O–H groups in total. The third-order valence-electron chi connectivity index (χ3n) is 3.51. The van der Waals surface area contributed by atoms with E-state index in [2.05, 4.69) is 47.7 Å². The average Bonchev–Trinajstić information content (AvgIpc) is 2.63. The van der Waals surface area contributed by atoms with E-state index in [0.29, 0.717) is 15.9 Å². The molecule has 28 heavy (non-hydrogen) atoms. The van der Waals surface area contributed by atoms with Crippen LogP contribution in [0.25, 0.3) is 0 Å². The second-order valence-corrected chi connectivity index (χ2v) is 7.62. The van der Waals surface area contributed by atoms with Gasteiger partial charge in [0, 0.05) is 10.2 Å². The molecule has 2 amide bonds. The zero-order chi connectivity index (χ0) is 20.7. The van der Waals surface area contributed by atoms with Gasteiger partial charge in [-0.15, -0.1) is 0 Å². The van der Waals surface area contributed by atoms with Crippen molar-refractivity contribution >= 4 is 55.1 Å². The monoisotopic (exact) mass is 513 g/mol. The number of hydrazone groups is 1. The Labute approximate surface area is 178 Å². The van der Waals surface area contributed by atoms with Crippen LogP contribution in [-0.2, 0) is 9.59 Å². The number of rotatable bonds is 7. The van der Waals surface area contributed by atoms with Crippen molar-refractivity contribution in [2.75, 3.05) is 11.9 Å². The van der Waals surface area contributed by atoms with E-state index in [1.165, 1.54) is 18.2 Å². The SMILES string of the molecule is C/C(CC(=O)Nc1ccccc1F)=N/NC(=O)COc1cc(C)c(Br)cc1Br. The van der Waals surface area contributed by atoms with Crippen molar-refractivity contribution < 1.29 is 18.7 Å². The normalized spacial score (nSPS) is 11.1. The Hall–Kier alpha value is -2.26. The second kappa shape index (κ2) is 10.3. The van der Waals surface area contributed by atoms with Crippen molar-refractivity contribution in [2.24, 2.45) is 5.10 Å². The molecule has 0 aliphatic rings. The molecule has 0 unspecified atom stereocenters. The van der Waals surface area contributed by atoms with Gasteiger partial charge in [0.05, 0.1) is 16.6 Å². The van der Waals surface area contributed by atoms with E-state index in [1.807, 2.05) is 13.0 Å². The predicted molar refractivity (Wildman–Crippen MR) is 113 cm³/mol. The Bertz CT molecular complexity index is 919. The first-order valence-electron chi connectivity index (χ1n) is 8.21. The summed E-state index contributed by atoms with van der Waals surface area (Å²) in [7, 11) is 0.